The molecule has 1 fully saturated rings. The number of nitrogens with one attached hydrogen (secondary N) is 1. The van der Waals surface area contributed by atoms with Crippen molar-refractivity contribution in [1.82, 2.24) is 5.32 Å². The monoisotopic (exact) mass is 275 g/mol. The van der Waals surface area contributed by atoms with Crippen LogP contribution in [0, 0.1) is 5.82 Å². The topological polar surface area (TPSA) is 12.0 Å². The number of halogens is 2. The van der Waals surface area contributed by atoms with Crippen LogP contribution in [0.2, 0.25) is 5.02 Å². The molecule has 0 saturated carbocycles. The van der Waals surface area contributed by atoms with Crippen LogP contribution < -0.4 is 5.32 Å². The summed E-state index contributed by atoms with van der Waals surface area (Å²) in [5.41, 5.74) is 2.36. The van der Waals surface area contributed by atoms with E-state index in [1.54, 1.807) is 0 Å². The van der Waals surface area contributed by atoms with Crippen molar-refractivity contribution in [2.24, 2.45) is 0 Å². The maximum atomic E-state index is 13.1. The van der Waals surface area contributed by atoms with Gasteiger partial charge in [-0.3, -0.25) is 0 Å². The molecule has 0 unspecified atom stereocenters. The average Bonchev–Trinajstić information content (AvgIpc) is 2.37. The predicted octanol–water partition coefficient (Wildman–Crippen LogP) is 3.56. The van der Waals surface area contributed by atoms with E-state index in [9.17, 15) is 4.39 Å². The summed E-state index contributed by atoms with van der Waals surface area (Å²) < 4.78 is 13.1. The first kappa shape index (κ1) is 12.6. The lowest BCUT2D eigenvalue weighted by molar-refractivity contribution is 0.274. The van der Waals surface area contributed by atoms with Gasteiger partial charge in [0.15, 0.2) is 0 Å². The Bertz CT molecular complexity index is 576. The van der Waals surface area contributed by atoms with Gasteiger partial charge in [0.1, 0.15) is 5.82 Å². The van der Waals surface area contributed by atoms with Crippen LogP contribution in [0.4, 0.5) is 4.39 Å². The summed E-state index contributed by atoms with van der Waals surface area (Å²) in [6.45, 7) is 1.81. The largest absolute Gasteiger partial charge is 0.315 e. The molecule has 0 radical (unpaired) electrons. The summed E-state index contributed by atoms with van der Waals surface area (Å²) in [6.07, 6.45) is 0.880. The van der Waals surface area contributed by atoms with Crippen LogP contribution in [-0.4, -0.2) is 13.1 Å². The fraction of sp³-hybridized carbons (Fsp3) is 0.250. The lowest BCUT2D eigenvalue weighted by Crippen LogP contribution is -2.58. The minimum absolute atomic E-state index is 0.0404. The second-order valence-corrected chi connectivity index (χ2v) is 5.57. The first-order valence-corrected chi connectivity index (χ1v) is 6.78. The molecule has 19 heavy (non-hydrogen) atoms. The molecular weight excluding hydrogens is 261 g/mol. The number of hydrogen-bond acceptors (Lipinski definition) is 1. The van der Waals surface area contributed by atoms with Crippen LogP contribution in [0.3, 0.4) is 0 Å². The summed E-state index contributed by atoms with van der Waals surface area (Å²) in [5, 5.41) is 4.12. The number of hydrogen-bond donors (Lipinski definition) is 1. The van der Waals surface area contributed by atoms with E-state index in [-0.39, 0.29) is 11.2 Å². The van der Waals surface area contributed by atoms with Gasteiger partial charge in [0.05, 0.1) is 0 Å². The van der Waals surface area contributed by atoms with E-state index >= 15 is 0 Å². The summed E-state index contributed by atoms with van der Waals surface area (Å²) in [4.78, 5) is 0. The molecule has 1 saturated heterocycles. The lowest BCUT2D eigenvalue weighted by Gasteiger charge is -2.43. The first-order valence-electron chi connectivity index (χ1n) is 6.40. The maximum Gasteiger partial charge on any atom is 0.123 e. The van der Waals surface area contributed by atoms with Crippen LogP contribution in [0.1, 0.15) is 11.1 Å². The molecule has 1 aliphatic rings. The molecule has 0 spiro atoms. The molecule has 0 aliphatic carbocycles. The van der Waals surface area contributed by atoms with Gasteiger partial charge in [0.25, 0.3) is 0 Å². The molecule has 1 aliphatic heterocycles. The highest BCUT2D eigenvalue weighted by Gasteiger charge is 2.39. The van der Waals surface area contributed by atoms with E-state index in [0.717, 1.165) is 30.1 Å². The van der Waals surface area contributed by atoms with Gasteiger partial charge in [-0.15, -0.1) is 0 Å². The summed E-state index contributed by atoms with van der Waals surface area (Å²) >= 11 is 6.24. The zero-order valence-corrected chi connectivity index (χ0v) is 11.3. The Balaban J connectivity index is 1.92. The Hall–Kier alpha value is -1.38. The maximum absolute atomic E-state index is 13.1. The van der Waals surface area contributed by atoms with Crippen LogP contribution >= 0.6 is 11.6 Å². The van der Waals surface area contributed by atoms with Crippen molar-refractivity contribution in [2.45, 2.75) is 11.8 Å². The molecular formula is C16H15ClFN. The molecule has 2 aromatic rings. The number of benzene rings is 2. The molecule has 3 rings (SSSR count). The van der Waals surface area contributed by atoms with E-state index in [1.807, 2.05) is 30.3 Å². The van der Waals surface area contributed by atoms with Gasteiger partial charge < -0.3 is 5.32 Å². The van der Waals surface area contributed by atoms with Crippen molar-refractivity contribution in [3.8, 4) is 0 Å². The summed E-state index contributed by atoms with van der Waals surface area (Å²) in [6, 6.07) is 14.7. The zero-order valence-electron chi connectivity index (χ0n) is 10.5. The minimum atomic E-state index is -0.191. The van der Waals surface area contributed by atoms with Crippen molar-refractivity contribution in [1.29, 1.82) is 0 Å². The third kappa shape index (κ3) is 2.38. The van der Waals surface area contributed by atoms with E-state index < -0.39 is 0 Å². The minimum Gasteiger partial charge on any atom is -0.315 e. The molecule has 0 aromatic heterocycles. The van der Waals surface area contributed by atoms with Crippen molar-refractivity contribution >= 4 is 11.6 Å². The molecule has 2 aromatic carbocycles. The van der Waals surface area contributed by atoms with Gasteiger partial charge in [-0.25, -0.2) is 4.39 Å². The highest BCUT2D eigenvalue weighted by molar-refractivity contribution is 6.31. The van der Waals surface area contributed by atoms with Crippen molar-refractivity contribution in [3.05, 3.63) is 70.5 Å². The zero-order chi connectivity index (χ0) is 13.3. The standard InChI is InChI=1S/C16H15ClFN/c17-15-4-2-1-3-12(15)9-16(10-19-11-16)13-5-7-14(18)8-6-13/h1-8,19H,9-11H2. The SMILES string of the molecule is Fc1ccc(C2(Cc3ccccc3Cl)CNC2)cc1. The summed E-state index contributed by atoms with van der Waals surface area (Å²) in [7, 11) is 0. The molecule has 98 valence electrons. The second kappa shape index (κ2) is 4.95. The van der Waals surface area contributed by atoms with Gasteiger partial charge in [-0.2, -0.15) is 0 Å². The number of rotatable bonds is 3. The smallest absolute Gasteiger partial charge is 0.123 e. The lowest BCUT2D eigenvalue weighted by atomic mass is 9.71. The third-order valence-electron chi connectivity index (χ3n) is 3.87. The highest BCUT2D eigenvalue weighted by Crippen LogP contribution is 2.34. The fourth-order valence-corrected chi connectivity index (χ4v) is 2.87. The average molecular weight is 276 g/mol. The molecule has 1 heterocycles. The first-order chi connectivity index (χ1) is 9.20. The Morgan fingerprint density at radius 3 is 2.32 bits per heavy atom. The molecule has 0 bridgehead atoms. The second-order valence-electron chi connectivity index (χ2n) is 5.16. The van der Waals surface area contributed by atoms with Gasteiger partial charge in [-0.1, -0.05) is 41.9 Å². The van der Waals surface area contributed by atoms with Crippen LogP contribution in [0.5, 0.6) is 0 Å². The predicted molar refractivity (Wildman–Crippen MR) is 76.1 cm³/mol. The fourth-order valence-electron chi connectivity index (χ4n) is 2.67. The highest BCUT2D eigenvalue weighted by atomic mass is 35.5. The van der Waals surface area contributed by atoms with Gasteiger partial charge >= 0.3 is 0 Å². The quantitative estimate of drug-likeness (QED) is 0.903. The third-order valence-corrected chi connectivity index (χ3v) is 4.24. The van der Waals surface area contributed by atoms with Gasteiger partial charge in [0, 0.05) is 23.5 Å². The van der Waals surface area contributed by atoms with E-state index in [2.05, 4.69) is 11.4 Å². The van der Waals surface area contributed by atoms with Crippen molar-refractivity contribution < 1.29 is 4.39 Å². The van der Waals surface area contributed by atoms with Crippen molar-refractivity contribution in [3.63, 3.8) is 0 Å². The molecule has 0 atom stereocenters. The molecule has 0 amide bonds. The Morgan fingerprint density at radius 1 is 1.05 bits per heavy atom. The van der Waals surface area contributed by atoms with E-state index in [1.165, 1.54) is 17.7 Å². The van der Waals surface area contributed by atoms with Crippen LogP contribution in [-0.2, 0) is 11.8 Å². The van der Waals surface area contributed by atoms with Crippen molar-refractivity contribution in [2.75, 3.05) is 13.1 Å². The Labute approximate surface area is 117 Å². The Morgan fingerprint density at radius 2 is 1.74 bits per heavy atom. The Kier molecular flexibility index (Phi) is 3.29. The van der Waals surface area contributed by atoms with E-state index in [0.29, 0.717) is 0 Å². The van der Waals surface area contributed by atoms with Gasteiger partial charge in [0.2, 0.25) is 0 Å². The van der Waals surface area contributed by atoms with Crippen LogP contribution in [0.25, 0.3) is 0 Å². The molecule has 1 nitrogen and oxygen atoms in total. The van der Waals surface area contributed by atoms with Gasteiger partial charge in [-0.05, 0) is 35.7 Å². The summed E-state index contributed by atoms with van der Waals surface area (Å²) in [5.74, 6) is -0.191. The molecule has 1 N–H and O–H groups in total. The normalized spacial score (nSPS) is 16.9. The molecule has 3 heteroatoms. The van der Waals surface area contributed by atoms with E-state index in [4.69, 9.17) is 11.6 Å². The van der Waals surface area contributed by atoms with Crippen LogP contribution in [0.15, 0.2) is 48.5 Å².